The lowest BCUT2D eigenvalue weighted by atomic mass is 9.91. The monoisotopic (exact) mass is 445 g/mol. The minimum Gasteiger partial charge on any atom is -0.324 e. The maximum atomic E-state index is 14.9. The number of sulfonamides is 1. The van der Waals surface area contributed by atoms with Crippen molar-refractivity contribution in [1.82, 2.24) is 4.72 Å². The molecule has 0 unspecified atom stereocenters. The van der Waals surface area contributed by atoms with Crippen LogP contribution in [0.15, 0.2) is 70.6 Å². The molecule has 0 spiro atoms. The van der Waals surface area contributed by atoms with Crippen molar-refractivity contribution in [2.24, 2.45) is 4.99 Å². The normalized spacial score (nSPS) is 16.8. The van der Waals surface area contributed by atoms with E-state index in [2.05, 4.69) is 15.0 Å². The fourth-order valence-electron chi connectivity index (χ4n) is 3.54. The number of rotatable bonds is 4. The molecule has 3 aromatic rings. The van der Waals surface area contributed by atoms with Crippen molar-refractivity contribution in [2.75, 3.05) is 5.32 Å². The van der Waals surface area contributed by atoms with Crippen LogP contribution in [-0.4, -0.2) is 14.4 Å². The van der Waals surface area contributed by atoms with E-state index >= 15 is 0 Å². The zero-order valence-electron chi connectivity index (χ0n) is 16.4. The molecule has 0 aliphatic carbocycles. The highest BCUT2D eigenvalue weighted by molar-refractivity contribution is 7.90. The maximum absolute atomic E-state index is 14.9. The first kappa shape index (κ1) is 20.9. The molecule has 0 saturated carbocycles. The van der Waals surface area contributed by atoms with Gasteiger partial charge >= 0.3 is 0 Å². The summed E-state index contributed by atoms with van der Waals surface area (Å²) in [5, 5.41) is 2.82. The largest absolute Gasteiger partial charge is 0.324 e. The van der Waals surface area contributed by atoms with Gasteiger partial charge in [0.05, 0.1) is 12.2 Å². The highest BCUT2D eigenvalue weighted by Crippen LogP contribution is 2.38. The molecular formula is C22H18F3N3O2S. The zero-order valence-corrected chi connectivity index (χ0v) is 17.2. The Morgan fingerprint density at radius 3 is 2.48 bits per heavy atom. The van der Waals surface area contributed by atoms with Gasteiger partial charge in [-0.25, -0.2) is 31.3 Å². The molecule has 5 nitrogen and oxygen atoms in total. The van der Waals surface area contributed by atoms with Gasteiger partial charge in [0.1, 0.15) is 22.3 Å². The van der Waals surface area contributed by atoms with Crippen LogP contribution in [-0.2, 0) is 16.6 Å². The number of aliphatic imine (C=N–C) groups is 1. The molecule has 31 heavy (non-hydrogen) atoms. The Kier molecular flexibility index (Phi) is 5.45. The Morgan fingerprint density at radius 2 is 1.74 bits per heavy atom. The zero-order chi connectivity index (χ0) is 22.2. The summed E-state index contributed by atoms with van der Waals surface area (Å²) < 4.78 is 70.4. The molecule has 1 aliphatic heterocycles. The third kappa shape index (κ3) is 4.13. The van der Waals surface area contributed by atoms with Crippen molar-refractivity contribution < 1.29 is 21.6 Å². The third-order valence-corrected chi connectivity index (χ3v) is 6.41. The number of fused-ring (bicyclic) bond motifs is 1. The Balaban J connectivity index is 1.77. The van der Waals surface area contributed by atoms with E-state index < -0.39 is 33.4 Å². The van der Waals surface area contributed by atoms with Crippen LogP contribution in [0.25, 0.3) is 0 Å². The predicted octanol–water partition coefficient (Wildman–Crippen LogP) is 4.52. The number of nitrogens with one attached hydrogen (secondary N) is 2. The fraction of sp³-hybridized carbons (Fsp3) is 0.136. The number of nitrogens with zero attached hydrogens (tertiary/aromatic N) is 1. The lowest BCUT2D eigenvalue weighted by Gasteiger charge is -2.26. The van der Waals surface area contributed by atoms with Crippen LogP contribution in [0.1, 0.15) is 29.5 Å². The van der Waals surface area contributed by atoms with Gasteiger partial charge < -0.3 is 5.32 Å². The molecule has 0 saturated heterocycles. The number of hydrogen-bond acceptors (Lipinski definition) is 3. The van der Waals surface area contributed by atoms with E-state index in [0.717, 1.165) is 12.1 Å². The second kappa shape index (κ2) is 8.07. The lowest BCUT2D eigenvalue weighted by Crippen LogP contribution is -2.41. The van der Waals surface area contributed by atoms with Gasteiger partial charge in [-0.3, -0.25) is 0 Å². The molecule has 160 valence electrons. The molecule has 2 N–H and O–H groups in total. The van der Waals surface area contributed by atoms with Gasteiger partial charge in [-0.2, -0.15) is 0 Å². The van der Waals surface area contributed by atoms with E-state index in [0.29, 0.717) is 5.56 Å². The van der Waals surface area contributed by atoms with Gasteiger partial charge in [0, 0.05) is 11.5 Å². The van der Waals surface area contributed by atoms with Gasteiger partial charge in [-0.15, -0.1) is 0 Å². The van der Waals surface area contributed by atoms with E-state index in [1.165, 1.54) is 36.4 Å². The molecular weight excluding hydrogens is 427 g/mol. The first-order valence-corrected chi connectivity index (χ1v) is 10.9. The van der Waals surface area contributed by atoms with Crippen molar-refractivity contribution in [3.05, 3.63) is 94.8 Å². The Labute approximate surface area is 177 Å². The van der Waals surface area contributed by atoms with Crippen LogP contribution < -0.4 is 10.0 Å². The molecule has 0 radical (unpaired) electrons. The van der Waals surface area contributed by atoms with Crippen molar-refractivity contribution in [2.45, 2.75) is 24.3 Å². The van der Waals surface area contributed by atoms with Crippen molar-refractivity contribution in [3.63, 3.8) is 0 Å². The molecule has 1 atom stereocenters. The van der Waals surface area contributed by atoms with Gasteiger partial charge in [0.15, 0.2) is 0 Å². The van der Waals surface area contributed by atoms with Gasteiger partial charge in [-0.05, 0) is 41.5 Å². The van der Waals surface area contributed by atoms with E-state index in [1.807, 2.05) is 0 Å². The van der Waals surface area contributed by atoms with Crippen LogP contribution in [0.3, 0.4) is 0 Å². The average Bonchev–Trinajstić information content (AvgIpc) is 2.71. The summed E-state index contributed by atoms with van der Waals surface area (Å²) in [4.78, 5) is 3.99. The average molecular weight is 445 g/mol. The third-order valence-electron chi connectivity index (χ3n) is 5.03. The fourth-order valence-corrected chi connectivity index (χ4v) is 4.69. The highest BCUT2D eigenvalue weighted by atomic mass is 32.2. The standard InChI is InChI=1S/C22H18F3N3O2S/c1-13(16-7-2-3-8-17(16)24)20-18(25)9-10-19-21(20)27-22(28-31(19,29)30)26-12-14-5-4-6-15(23)11-14/h2-11,13H,12H2,1H3,(H2,26,27,28)/t13-/m0/s1. The minimum atomic E-state index is -4.05. The first-order chi connectivity index (χ1) is 14.8. The number of hydrogen-bond donors (Lipinski definition) is 2. The van der Waals surface area contributed by atoms with Gasteiger partial charge in [0.25, 0.3) is 10.0 Å². The first-order valence-electron chi connectivity index (χ1n) is 9.42. The van der Waals surface area contributed by atoms with Crippen LogP contribution >= 0.6 is 0 Å². The molecule has 0 aromatic heterocycles. The molecule has 1 heterocycles. The minimum absolute atomic E-state index is 0.00568. The highest BCUT2D eigenvalue weighted by Gasteiger charge is 2.32. The van der Waals surface area contributed by atoms with Crippen molar-refractivity contribution >= 4 is 21.7 Å². The molecule has 9 heteroatoms. The molecule has 4 rings (SSSR count). The van der Waals surface area contributed by atoms with E-state index in [4.69, 9.17) is 0 Å². The van der Waals surface area contributed by atoms with Crippen molar-refractivity contribution in [3.8, 4) is 0 Å². The second-order valence-corrected chi connectivity index (χ2v) is 8.75. The Morgan fingerprint density at radius 1 is 0.968 bits per heavy atom. The maximum Gasteiger partial charge on any atom is 0.266 e. The summed E-state index contributed by atoms with van der Waals surface area (Å²) in [6, 6.07) is 13.8. The predicted molar refractivity (Wildman–Crippen MR) is 112 cm³/mol. The second-order valence-electron chi connectivity index (χ2n) is 7.10. The molecule has 3 aromatic carbocycles. The summed E-state index contributed by atoms with van der Waals surface area (Å²) in [5.41, 5.74) is 0.753. The number of halogens is 3. The summed E-state index contributed by atoms with van der Waals surface area (Å²) in [5.74, 6) is -2.55. The molecule has 0 bridgehead atoms. The quantitative estimate of drug-likeness (QED) is 0.621. The Hall–Kier alpha value is -3.33. The van der Waals surface area contributed by atoms with Gasteiger partial charge in [-0.1, -0.05) is 37.3 Å². The number of guanidine groups is 1. The Bertz CT molecular complexity index is 1290. The van der Waals surface area contributed by atoms with E-state index in [1.54, 1.807) is 19.1 Å². The van der Waals surface area contributed by atoms with Gasteiger partial charge in [0.2, 0.25) is 5.96 Å². The number of benzene rings is 3. The molecule has 1 aliphatic rings. The smallest absolute Gasteiger partial charge is 0.266 e. The van der Waals surface area contributed by atoms with Crippen molar-refractivity contribution in [1.29, 1.82) is 0 Å². The van der Waals surface area contributed by atoms with Crippen LogP contribution in [0.4, 0.5) is 18.9 Å². The van der Waals surface area contributed by atoms with E-state index in [9.17, 15) is 21.6 Å². The lowest BCUT2D eigenvalue weighted by molar-refractivity contribution is 0.577. The summed E-state index contributed by atoms with van der Waals surface area (Å²) in [6.07, 6.45) is 0. The van der Waals surface area contributed by atoms with Crippen LogP contribution in [0.2, 0.25) is 0 Å². The van der Waals surface area contributed by atoms with E-state index in [-0.39, 0.29) is 34.2 Å². The summed E-state index contributed by atoms with van der Waals surface area (Å²) in [7, 11) is -4.05. The molecule has 0 amide bonds. The molecule has 0 fully saturated rings. The van der Waals surface area contributed by atoms with Crippen LogP contribution in [0, 0.1) is 17.5 Å². The number of anilines is 1. The topological polar surface area (TPSA) is 70.6 Å². The summed E-state index contributed by atoms with van der Waals surface area (Å²) in [6.45, 7) is 1.59. The SMILES string of the molecule is C[C@@H](c1ccccc1F)c1c(F)ccc2c1NC(=NCc1cccc(F)c1)NS2(=O)=O. The summed E-state index contributed by atoms with van der Waals surface area (Å²) >= 11 is 0. The van der Waals surface area contributed by atoms with Crippen LogP contribution in [0.5, 0.6) is 0 Å².